The summed E-state index contributed by atoms with van der Waals surface area (Å²) in [5, 5.41) is 18.0. The molecule has 18 nitrogen and oxygen atoms in total. The fourth-order valence-corrected chi connectivity index (χ4v) is 4.47. The van der Waals surface area contributed by atoms with E-state index in [1.165, 1.54) is 0 Å². The van der Waals surface area contributed by atoms with Crippen LogP contribution >= 0.6 is 34.8 Å². The number of anilines is 3. The fraction of sp³-hybridized carbons (Fsp3) is 0.786. The maximum absolute atomic E-state index is 5.74. The molecule has 0 saturated carbocycles. The number of methoxy groups -OCH3 is 2. The maximum atomic E-state index is 5.74. The van der Waals surface area contributed by atoms with Gasteiger partial charge in [-0.1, -0.05) is 23.2 Å². The molecule has 280 valence electrons. The smallest absolute Gasteiger partial charge is 0.247 e. The molecule has 4 heterocycles. The van der Waals surface area contributed by atoms with E-state index in [1.807, 2.05) is 0 Å². The predicted octanol–water partition coefficient (Wildman–Crippen LogP) is 0.241. The molecule has 2 aliphatic rings. The van der Waals surface area contributed by atoms with Crippen LogP contribution in [-0.2, 0) is 28.4 Å². The van der Waals surface area contributed by atoms with E-state index in [1.54, 1.807) is 14.2 Å². The van der Waals surface area contributed by atoms with Crippen LogP contribution in [0.25, 0.3) is 0 Å². The number of nitrogens with zero attached hydrogens (tertiary/aromatic N) is 9. The molecule has 0 aromatic carbocycles. The first kappa shape index (κ1) is 43.1. The third-order valence-corrected chi connectivity index (χ3v) is 7.58. The van der Waals surface area contributed by atoms with Gasteiger partial charge in [0.15, 0.2) is 21.9 Å². The number of hydrogen-bond donors (Lipinski definition) is 3. The fourth-order valence-electron chi connectivity index (χ4n) is 4.18. The van der Waals surface area contributed by atoms with Gasteiger partial charge in [-0.2, -0.15) is 9.97 Å². The molecule has 4 rings (SSSR count). The Bertz CT molecular complexity index is 1120. The van der Waals surface area contributed by atoms with Crippen LogP contribution < -0.4 is 21.7 Å². The van der Waals surface area contributed by atoms with Crippen LogP contribution in [-0.4, -0.2) is 186 Å². The van der Waals surface area contributed by atoms with Crippen LogP contribution in [0.15, 0.2) is 0 Å². The van der Waals surface area contributed by atoms with E-state index >= 15 is 0 Å². The van der Waals surface area contributed by atoms with E-state index in [0.717, 1.165) is 72.1 Å². The molecule has 2 aromatic rings. The number of piperazine rings is 2. The minimum atomic E-state index is -0.00287. The van der Waals surface area contributed by atoms with E-state index in [0.29, 0.717) is 65.4 Å². The van der Waals surface area contributed by atoms with Gasteiger partial charge in [0.2, 0.25) is 11.2 Å². The molecule has 5 N–H and O–H groups in total. The molecule has 0 atom stereocenters. The number of nitrogens with two attached hydrogens (primary N) is 2. The Hall–Kier alpha value is -2.07. The summed E-state index contributed by atoms with van der Waals surface area (Å²) in [6, 6.07) is 0. The van der Waals surface area contributed by atoms with Gasteiger partial charge in [-0.15, -0.1) is 20.4 Å². The van der Waals surface area contributed by atoms with Crippen molar-refractivity contribution in [3.63, 3.8) is 0 Å². The van der Waals surface area contributed by atoms with Crippen LogP contribution in [0.4, 0.5) is 17.6 Å². The lowest BCUT2D eigenvalue weighted by molar-refractivity contribution is 0.0188. The maximum Gasteiger partial charge on any atom is 0.247 e. The van der Waals surface area contributed by atoms with Crippen LogP contribution in [0.3, 0.4) is 0 Å². The number of ether oxygens (including phenoxy) is 6. The Kier molecular flexibility index (Phi) is 24.3. The third kappa shape index (κ3) is 20.4. The van der Waals surface area contributed by atoms with Crippen molar-refractivity contribution in [1.82, 2.24) is 45.5 Å². The van der Waals surface area contributed by atoms with E-state index in [-0.39, 0.29) is 27.2 Å². The summed E-state index contributed by atoms with van der Waals surface area (Å²) in [5.74, 6) is 0.836. The Labute approximate surface area is 303 Å². The van der Waals surface area contributed by atoms with E-state index in [2.05, 4.69) is 50.4 Å². The molecular formula is C28H51Cl3N12O6. The van der Waals surface area contributed by atoms with Crippen molar-refractivity contribution in [2.45, 2.75) is 0 Å². The summed E-state index contributed by atoms with van der Waals surface area (Å²) in [5.41, 5.74) is 10.9. The van der Waals surface area contributed by atoms with Crippen molar-refractivity contribution in [1.29, 1.82) is 0 Å². The van der Waals surface area contributed by atoms with Gasteiger partial charge in [-0.3, -0.25) is 9.80 Å². The van der Waals surface area contributed by atoms with Crippen molar-refractivity contribution < 1.29 is 28.4 Å². The average molecular weight is 758 g/mol. The average Bonchev–Trinajstić information content (AvgIpc) is 3.11. The number of rotatable bonds is 19. The minimum absolute atomic E-state index is 0.00287. The standard InChI is InChI=1S/C14H25ClN6O3.C11H24N2O3.C3H2Cl2N4/c1-22-8-9-24-11-10-23-7-6-20-2-4-21(5-3-20)14-17-13(16)12(15)18-19-14;1-14-8-9-16-11-10-15-7-6-13-4-2-12-3-5-13;4-1-2(6)7-3(5)9-8-1/h2-11H2,1H3,(H2,16,17,19);12H,2-11H2,1H3;(H2,6,7,9). The highest BCUT2D eigenvalue weighted by Crippen LogP contribution is 2.16. The Morgan fingerprint density at radius 3 is 1.49 bits per heavy atom. The van der Waals surface area contributed by atoms with Gasteiger partial charge >= 0.3 is 0 Å². The third-order valence-electron chi connectivity index (χ3n) is 6.88. The highest BCUT2D eigenvalue weighted by Gasteiger charge is 2.20. The molecular weight excluding hydrogens is 707 g/mol. The Morgan fingerprint density at radius 1 is 0.571 bits per heavy atom. The second-order valence-electron chi connectivity index (χ2n) is 10.4. The summed E-state index contributed by atoms with van der Waals surface area (Å²) >= 11 is 16.4. The summed E-state index contributed by atoms with van der Waals surface area (Å²) in [6.45, 7) is 16.4. The highest BCUT2D eigenvalue weighted by molar-refractivity contribution is 6.32. The number of halogens is 3. The van der Waals surface area contributed by atoms with Crippen LogP contribution in [0.5, 0.6) is 0 Å². The van der Waals surface area contributed by atoms with Crippen molar-refractivity contribution in [2.75, 3.05) is 162 Å². The van der Waals surface area contributed by atoms with Crippen LogP contribution in [0, 0.1) is 0 Å². The lowest BCUT2D eigenvalue weighted by atomic mass is 10.3. The van der Waals surface area contributed by atoms with Crippen molar-refractivity contribution >= 4 is 52.4 Å². The highest BCUT2D eigenvalue weighted by atomic mass is 35.5. The monoisotopic (exact) mass is 756 g/mol. The SMILES string of the molecule is COCCOCCOCCN1CCN(c2nnc(Cl)c(N)n2)CC1.COCCOCCOCCN1CCNCC1.Nc1nc(Cl)nnc1Cl. The van der Waals surface area contributed by atoms with Crippen LogP contribution in [0.1, 0.15) is 0 Å². The second-order valence-corrected chi connectivity index (χ2v) is 11.5. The Balaban J connectivity index is 0.000000285. The molecule has 2 aliphatic heterocycles. The molecule has 0 amide bonds. The summed E-state index contributed by atoms with van der Waals surface area (Å²) in [7, 11) is 3.33. The van der Waals surface area contributed by atoms with Gasteiger partial charge in [-0.05, 0) is 11.6 Å². The molecule has 2 saturated heterocycles. The zero-order valence-electron chi connectivity index (χ0n) is 28.4. The minimum Gasteiger partial charge on any atom is -0.382 e. The largest absolute Gasteiger partial charge is 0.382 e. The zero-order valence-corrected chi connectivity index (χ0v) is 30.7. The Morgan fingerprint density at radius 2 is 1.02 bits per heavy atom. The van der Waals surface area contributed by atoms with Crippen LogP contribution in [0.2, 0.25) is 15.6 Å². The molecule has 21 heteroatoms. The number of aromatic nitrogens is 6. The first-order chi connectivity index (χ1) is 23.8. The molecule has 0 bridgehead atoms. The van der Waals surface area contributed by atoms with E-state index in [9.17, 15) is 0 Å². The second kappa shape index (κ2) is 27.6. The van der Waals surface area contributed by atoms with Gasteiger partial charge in [0.05, 0.1) is 66.1 Å². The molecule has 2 fully saturated rings. The first-order valence-electron chi connectivity index (χ1n) is 16.0. The molecule has 0 unspecified atom stereocenters. The molecule has 0 spiro atoms. The van der Waals surface area contributed by atoms with Gasteiger partial charge in [0.25, 0.3) is 0 Å². The molecule has 49 heavy (non-hydrogen) atoms. The van der Waals surface area contributed by atoms with Gasteiger partial charge in [-0.25, -0.2) is 0 Å². The van der Waals surface area contributed by atoms with E-state index in [4.69, 9.17) is 74.7 Å². The normalized spacial score (nSPS) is 15.3. The van der Waals surface area contributed by atoms with Crippen molar-refractivity contribution in [3.8, 4) is 0 Å². The number of hydrogen-bond acceptors (Lipinski definition) is 18. The number of nitrogens with one attached hydrogen (secondary N) is 1. The number of nitrogen functional groups attached to an aromatic ring is 2. The quantitative estimate of drug-likeness (QED) is 0.164. The molecule has 0 radical (unpaired) electrons. The van der Waals surface area contributed by atoms with Gasteiger partial charge < -0.3 is 50.1 Å². The summed E-state index contributed by atoms with van der Waals surface area (Å²) in [6.07, 6.45) is 0. The summed E-state index contributed by atoms with van der Waals surface area (Å²) in [4.78, 5) is 14.5. The molecule has 0 aliphatic carbocycles. The summed E-state index contributed by atoms with van der Waals surface area (Å²) < 4.78 is 31.5. The zero-order chi connectivity index (χ0) is 35.5. The van der Waals surface area contributed by atoms with Gasteiger partial charge in [0.1, 0.15) is 0 Å². The van der Waals surface area contributed by atoms with E-state index < -0.39 is 0 Å². The predicted molar refractivity (Wildman–Crippen MR) is 188 cm³/mol. The molecule has 2 aromatic heterocycles. The topological polar surface area (TPSA) is 207 Å². The van der Waals surface area contributed by atoms with Gasteiger partial charge in [0, 0.05) is 79.7 Å². The van der Waals surface area contributed by atoms with Crippen molar-refractivity contribution in [2.24, 2.45) is 0 Å². The lowest BCUT2D eigenvalue weighted by Gasteiger charge is -2.34. The first-order valence-corrected chi connectivity index (χ1v) is 17.1. The lowest BCUT2D eigenvalue weighted by Crippen LogP contribution is -2.48. The van der Waals surface area contributed by atoms with Crippen molar-refractivity contribution in [3.05, 3.63) is 15.6 Å².